The maximum atomic E-state index is 11.7. The van der Waals surface area contributed by atoms with Crippen LogP contribution in [0.2, 0.25) is 0 Å². The molecular weight excluding hydrogens is 228 g/mol. The van der Waals surface area contributed by atoms with E-state index in [4.69, 9.17) is 5.11 Å². The summed E-state index contributed by atoms with van der Waals surface area (Å²) in [6.07, 6.45) is 7.17. The third-order valence-corrected chi connectivity index (χ3v) is 4.51. The zero-order valence-electron chi connectivity index (χ0n) is 11.4. The third kappa shape index (κ3) is 3.87. The number of hydrogen-bond acceptors (Lipinski definition) is 2. The van der Waals surface area contributed by atoms with E-state index < -0.39 is 0 Å². The molecule has 2 unspecified atom stereocenters. The Morgan fingerprint density at radius 1 is 1.33 bits per heavy atom. The molecule has 0 radical (unpaired) electrons. The van der Waals surface area contributed by atoms with Crippen molar-refractivity contribution < 1.29 is 9.90 Å². The summed E-state index contributed by atoms with van der Waals surface area (Å²) in [4.78, 5) is 11.7. The number of aliphatic hydroxyl groups is 1. The molecular formula is C14H26N2O2. The van der Waals surface area contributed by atoms with E-state index in [2.05, 4.69) is 17.6 Å². The highest BCUT2D eigenvalue weighted by Crippen LogP contribution is 2.44. The maximum absolute atomic E-state index is 11.7. The number of carbonyl (C=O) groups is 1. The molecule has 0 bridgehead atoms. The minimum atomic E-state index is -0.0760. The van der Waals surface area contributed by atoms with Gasteiger partial charge >= 0.3 is 6.03 Å². The Morgan fingerprint density at radius 2 is 2.11 bits per heavy atom. The Kier molecular flexibility index (Phi) is 4.49. The summed E-state index contributed by atoms with van der Waals surface area (Å²) in [5, 5.41) is 15.0. The van der Waals surface area contributed by atoms with Crippen LogP contribution in [0.25, 0.3) is 0 Å². The van der Waals surface area contributed by atoms with Crippen LogP contribution in [0.4, 0.5) is 4.79 Å². The van der Waals surface area contributed by atoms with Gasteiger partial charge in [-0.1, -0.05) is 19.8 Å². The summed E-state index contributed by atoms with van der Waals surface area (Å²) in [6, 6.07) is -0.0760. The Balaban J connectivity index is 1.59. The first kappa shape index (κ1) is 13.7. The van der Waals surface area contributed by atoms with Crippen LogP contribution in [0, 0.1) is 17.3 Å². The molecule has 0 spiro atoms. The molecule has 0 aromatic heterocycles. The van der Waals surface area contributed by atoms with Gasteiger partial charge in [0.25, 0.3) is 0 Å². The molecule has 0 heterocycles. The molecule has 2 fully saturated rings. The highest BCUT2D eigenvalue weighted by Gasteiger charge is 2.42. The number of urea groups is 1. The average Bonchev–Trinajstić information content (AvgIpc) is 3.15. The largest absolute Gasteiger partial charge is 0.396 e. The van der Waals surface area contributed by atoms with Crippen LogP contribution in [0.15, 0.2) is 0 Å². The van der Waals surface area contributed by atoms with Crippen molar-refractivity contribution in [3.8, 4) is 0 Å². The summed E-state index contributed by atoms with van der Waals surface area (Å²) in [6.45, 7) is 3.89. The van der Waals surface area contributed by atoms with E-state index in [1.165, 1.54) is 25.7 Å². The molecule has 2 atom stereocenters. The molecule has 2 saturated carbocycles. The van der Waals surface area contributed by atoms with Crippen molar-refractivity contribution in [3.63, 3.8) is 0 Å². The quantitative estimate of drug-likeness (QED) is 0.701. The first-order chi connectivity index (χ1) is 8.63. The number of rotatable bonds is 5. The molecule has 2 amide bonds. The fraction of sp³-hybridized carbons (Fsp3) is 0.929. The molecule has 0 aliphatic heterocycles. The van der Waals surface area contributed by atoms with Crippen molar-refractivity contribution in [1.29, 1.82) is 0 Å². The molecule has 2 rings (SSSR count). The zero-order valence-corrected chi connectivity index (χ0v) is 11.4. The molecule has 0 aromatic rings. The van der Waals surface area contributed by atoms with Gasteiger partial charge in [-0.15, -0.1) is 0 Å². The van der Waals surface area contributed by atoms with E-state index in [1.807, 2.05) is 0 Å². The summed E-state index contributed by atoms with van der Waals surface area (Å²) in [5.41, 5.74) is -0.00328. The van der Waals surface area contributed by atoms with Crippen LogP contribution in [0.1, 0.15) is 45.4 Å². The average molecular weight is 254 g/mol. The van der Waals surface area contributed by atoms with E-state index in [1.54, 1.807) is 0 Å². The van der Waals surface area contributed by atoms with Crippen LogP contribution >= 0.6 is 0 Å². The Labute approximate surface area is 110 Å². The lowest BCUT2D eigenvalue weighted by atomic mass is 9.82. The maximum Gasteiger partial charge on any atom is 0.314 e. The van der Waals surface area contributed by atoms with E-state index in [0.29, 0.717) is 12.5 Å². The van der Waals surface area contributed by atoms with Crippen LogP contribution in [0.3, 0.4) is 0 Å². The molecule has 18 heavy (non-hydrogen) atoms. The number of amides is 2. The van der Waals surface area contributed by atoms with Crippen molar-refractivity contribution in [2.45, 2.75) is 45.4 Å². The predicted octanol–water partition coefficient (Wildman–Crippen LogP) is 1.88. The Morgan fingerprint density at radius 3 is 2.72 bits per heavy atom. The third-order valence-electron chi connectivity index (χ3n) is 4.51. The standard InChI is InChI=1S/C14H26N2O2/c1-11-3-2-4-12(7-11)8-15-13(18)16-9-14(10-17)5-6-14/h11-12,17H,2-10H2,1H3,(H2,15,16,18). The fourth-order valence-corrected chi connectivity index (χ4v) is 2.88. The Bertz CT molecular complexity index is 290. The van der Waals surface area contributed by atoms with Crippen LogP contribution in [0.5, 0.6) is 0 Å². The number of hydrogen-bond donors (Lipinski definition) is 3. The van der Waals surface area contributed by atoms with Gasteiger partial charge in [-0.25, -0.2) is 4.79 Å². The second-order valence-electron chi connectivity index (χ2n) is 6.36. The van der Waals surface area contributed by atoms with Crippen molar-refractivity contribution in [3.05, 3.63) is 0 Å². The van der Waals surface area contributed by atoms with Crippen LogP contribution in [-0.2, 0) is 0 Å². The van der Waals surface area contributed by atoms with Gasteiger partial charge in [-0.2, -0.15) is 0 Å². The van der Waals surface area contributed by atoms with Crippen LogP contribution in [-0.4, -0.2) is 30.8 Å². The number of aliphatic hydroxyl groups excluding tert-OH is 1. The van der Waals surface area contributed by atoms with E-state index in [-0.39, 0.29) is 18.1 Å². The lowest BCUT2D eigenvalue weighted by Crippen LogP contribution is -2.41. The Hall–Kier alpha value is -0.770. The van der Waals surface area contributed by atoms with Gasteiger partial charge in [-0.05, 0) is 37.5 Å². The summed E-state index contributed by atoms with van der Waals surface area (Å²) in [7, 11) is 0. The molecule has 2 aliphatic rings. The lowest BCUT2D eigenvalue weighted by Gasteiger charge is -2.26. The van der Waals surface area contributed by atoms with Crippen molar-refractivity contribution in [2.24, 2.45) is 17.3 Å². The molecule has 2 aliphatic carbocycles. The van der Waals surface area contributed by atoms with Gasteiger partial charge in [0.2, 0.25) is 0 Å². The van der Waals surface area contributed by atoms with E-state index in [9.17, 15) is 4.79 Å². The summed E-state index contributed by atoms with van der Waals surface area (Å²) < 4.78 is 0. The van der Waals surface area contributed by atoms with Crippen molar-refractivity contribution in [1.82, 2.24) is 10.6 Å². The minimum Gasteiger partial charge on any atom is -0.396 e. The van der Waals surface area contributed by atoms with Crippen LogP contribution < -0.4 is 10.6 Å². The SMILES string of the molecule is CC1CCCC(CNC(=O)NCC2(CO)CC2)C1. The molecule has 3 N–H and O–H groups in total. The van der Waals surface area contributed by atoms with Gasteiger partial charge in [0, 0.05) is 18.5 Å². The van der Waals surface area contributed by atoms with Gasteiger partial charge in [0.05, 0.1) is 6.61 Å². The van der Waals surface area contributed by atoms with Gasteiger partial charge in [0.1, 0.15) is 0 Å². The van der Waals surface area contributed by atoms with E-state index in [0.717, 1.165) is 25.3 Å². The molecule has 0 aromatic carbocycles. The van der Waals surface area contributed by atoms with Gasteiger partial charge in [-0.3, -0.25) is 0 Å². The topological polar surface area (TPSA) is 61.4 Å². The fourth-order valence-electron chi connectivity index (χ4n) is 2.88. The molecule has 4 nitrogen and oxygen atoms in total. The first-order valence-electron chi connectivity index (χ1n) is 7.26. The lowest BCUT2D eigenvalue weighted by molar-refractivity contribution is 0.201. The molecule has 0 saturated heterocycles. The highest BCUT2D eigenvalue weighted by atomic mass is 16.3. The second kappa shape index (κ2) is 5.91. The number of nitrogens with one attached hydrogen (secondary N) is 2. The van der Waals surface area contributed by atoms with Gasteiger partial charge < -0.3 is 15.7 Å². The minimum absolute atomic E-state index is 0.00328. The van der Waals surface area contributed by atoms with Gasteiger partial charge in [0.15, 0.2) is 0 Å². The van der Waals surface area contributed by atoms with Crippen molar-refractivity contribution in [2.75, 3.05) is 19.7 Å². The first-order valence-corrected chi connectivity index (χ1v) is 7.26. The predicted molar refractivity (Wildman–Crippen MR) is 71.3 cm³/mol. The smallest absolute Gasteiger partial charge is 0.314 e. The summed E-state index contributed by atoms with van der Waals surface area (Å²) in [5.74, 6) is 1.45. The molecule has 104 valence electrons. The van der Waals surface area contributed by atoms with Crippen molar-refractivity contribution >= 4 is 6.03 Å². The van der Waals surface area contributed by atoms with E-state index >= 15 is 0 Å². The zero-order chi connectivity index (χ0) is 13.0. The normalized spacial score (nSPS) is 29.7. The number of carbonyl (C=O) groups excluding carboxylic acids is 1. The summed E-state index contributed by atoms with van der Waals surface area (Å²) >= 11 is 0. The highest BCUT2D eigenvalue weighted by molar-refractivity contribution is 5.73. The monoisotopic (exact) mass is 254 g/mol. The second-order valence-corrected chi connectivity index (χ2v) is 6.36. The molecule has 4 heteroatoms.